The Morgan fingerprint density at radius 3 is 2.63 bits per heavy atom. The molecule has 1 aliphatic rings. The molecule has 8 nitrogen and oxygen atoms in total. The summed E-state index contributed by atoms with van der Waals surface area (Å²) in [7, 11) is -3.39. The lowest BCUT2D eigenvalue weighted by atomic mass is 9.97. The van der Waals surface area contributed by atoms with Gasteiger partial charge in [-0.15, -0.1) is 0 Å². The number of hydrogen-bond donors (Lipinski definition) is 1. The van der Waals surface area contributed by atoms with E-state index in [1.165, 1.54) is 5.01 Å². The van der Waals surface area contributed by atoms with Gasteiger partial charge in [0.05, 0.1) is 29.0 Å². The van der Waals surface area contributed by atoms with Crippen molar-refractivity contribution in [3.63, 3.8) is 0 Å². The normalized spacial score (nSPS) is 16.5. The van der Waals surface area contributed by atoms with E-state index >= 15 is 0 Å². The van der Waals surface area contributed by atoms with Gasteiger partial charge in [-0.1, -0.05) is 25.1 Å². The number of nitrogens with zero attached hydrogens (tertiary/aromatic N) is 4. The second-order valence-corrected chi connectivity index (χ2v) is 8.87. The Morgan fingerprint density at radius 1 is 1.13 bits per heavy atom. The highest BCUT2D eigenvalue weighted by molar-refractivity contribution is 7.92. The van der Waals surface area contributed by atoms with Gasteiger partial charge in [0.2, 0.25) is 15.9 Å². The summed E-state index contributed by atoms with van der Waals surface area (Å²) >= 11 is 0. The lowest BCUT2D eigenvalue weighted by Crippen LogP contribution is -2.26. The number of rotatable bonds is 5. The first kappa shape index (κ1) is 20.0. The Kier molecular flexibility index (Phi) is 5.21. The number of fused-ring (bicyclic) bond motifs is 1. The maximum absolute atomic E-state index is 12.6. The lowest BCUT2D eigenvalue weighted by Gasteiger charge is -2.21. The van der Waals surface area contributed by atoms with Crippen LogP contribution in [0, 0.1) is 0 Å². The van der Waals surface area contributed by atoms with Crippen LogP contribution in [0.2, 0.25) is 0 Å². The predicted molar refractivity (Wildman–Crippen MR) is 115 cm³/mol. The molecular weight excluding hydrogens is 402 g/mol. The van der Waals surface area contributed by atoms with E-state index in [9.17, 15) is 13.2 Å². The number of carbonyl (C=O) groups is 1. The fourth-order valence-electron chi connectivity index (χ4n) is 3.50. The largest absolute Gasteiger partial charge is 0.284 e. The zero-order valence-corrected chi connectivity index (χ0v) is 17.4. The van der Waals surface area contributed by atoms with Gasteiger partial charge in [0, 0.05) is 30.9 Å². The fourth-order valence-corrected chi connectivity index (χ4v) is 4.06. The average molecular weight is 423 g/mol. The molecule has 2 heterocycles. The smallest absolute Gasteiger partial charge is 0.242 e. The number of hydrazone groups is 1. The first-order chi connectivity index (χ1) is 14.3. The molecule has 9 heteroatoms. The molecule has 154 valence electrons. The number of carbonyl (C=O) groups excluding carboxylic acids is 1. The van der Waals surface area contributed by atoms with Crippen LogP contribution >= 0.6 is 0 Å². The van der Waals surface area contributed by atoms with Crippen LogP contribution in [-0.4, -0.2) is 41.3 Å². The molecule has 3 aromatic rings. The van der Waals surface area contributed by atoms with Crippen molar-refractivity contribution in [3.05, 3.63) is 66.0 Å². The number of anilines is 1. The summed E-state index contributed by atoms with van der Waals surface area (Å²) in [5.41, 5.74) is 4.41. The molecule has 1 aliphatic heterocycles. The van der Waals surface area contributed by atoms with Crippen molar-refractivity contribution in [2.45, 2.75) is 25.8 Å². The molecule has 4 rings (SSSR count). The summed E-state index contributed by atoms with van der Waals surface area (Å²) in [6.45, 7) is 1.80. The van der Waals surface area contributed by atoms with Crippen molar-refractivity contribution in [3.8, 4) is 0 Å². The number of benzene rings is 2. The van der Waals surface area contributed by atoms with Gasteiger partial charge >= 0.3 is 0 Å². The van der Waals surface area contributed by atoms with Gasteiger partial charge in [-0.05, 0) is 35.4 Å². The van der Waals surface area contributed by atoms with Crippen molar-refractivity contribution in [2.75, 3.05) is 11.0 Å². The molecule has 0 saturated carbocycles. The quantitative estimate of drug-likeness (QED) is 0.679. The molecule has 0 fully saturated rings. The number of amides is 1. The Balaban J connectivity index is 1.69. The van der Waals surface area contributed by atoms with Crippen molar-refractivity contribution < 1.29 is 13.2 Å². The van der Waals surface area contributed by atoms with Gasteiger partial charge in [-0.3, -0.25) is 19.5 Å². The van der Waals surface area contributed by atoms with Crippen molar-refractivity contribution in [1.82, 2.24) is 15.0 Å². The summed E-state index contributed by atoms with van der Waals surface area (Å²) in [6.07, 6.45) is 5.23. The first-order valence-corrected chi connectivity index (χ1v) is 11.4. The molecule has 0 saturated heterocycles. The standard InChI is InChI=1S/C21H21N5O3S/c1-3-21(27)26-20(15-7-8-17-19(12-15)23-10-9-22-17)13-18(24-26)14-5-4-6-16(11-14)25-30(2,28)29/h4-12,20,25H,3,13H2,1-2H3/t20-/m1/s1. The Morgan fingerprint density at radius 2 is 1.90 bits per heavy atom. The molecule has 0 aliphatic carbocycles. The number of aromatic nitrogens is 2. The third-order valence-electron chi connectivity index (χ3n) is 4.85. The van der Waals surface area contributed by atoms with Crippen LogP contribution in [0.4, 0.5) is 5.69 Å². The molecule has 0 bridgehead atoms. The Labute approximate surface area is 174 Å². The van der Waals surface area contributed by atoms with Crippen LogP contribution in [0.15, 0.2) is 60.0 Å². The second-order valence-electron chi connectivity index (χ2n) is 7.12. The zero-order chi connectivity index (χ0) is 21.3. The highest BCUT2D eigenvalue weighted by Crippen LogP contribution is 2.34. The Bertz CT molecular complexity index is 1260. The fraction of sp³-hybridized carbons (Fsp3) is 0.238. The maximum Gasteiger partial charge on any atom is 0.242 e. The SMILES string of the molecule is CCC(=O)N1N=C(c2cccc(NS(C)(=O)=O)c2)C[C@@H]1c1ccc2nccnc2c1. The molecule has 0 unspecified atom stereocenters. The highest BCUT2D eigenvalue weighted by Gasteiger charge is 2.32. The first-order valence-electron chi connectivity index (χ1n) is 9.52. The van der Waals surface area contributed by atoms with Gasteiger partial charge < -0.3 is 0 Å². The zero-order valence-electron chi connectivity index (χ0n) is 16.6. The van der Waals surface area contributed by atoms with Crippen molar-refractivity contribution in [1.29, 1.82) is 0 Å². The summed E-state index contributed by atoms with van der Waals surface area (Å²) in [5, 5.41) is 6.11. The van der Waals surface area contributed by atoms with Crippen LogP contribution in [0.5, 0.6) is 0 Å². The summed E-state index contributed by atoms with van der Waals surface area (Å²) < 4.78 is 25.6. The minimum absolute atomic E-state index is 0.0836. The number of nitrogens with one attached hydrogen (secondary N) is 1. The monoisotopic (exact) mass is 423 g/mol. The third-order valence-corrected chi connectivity index (χ3v) is 5.45. The van der Waals surface area contributed by atoms with E-state index in [0.717, 1.165) is 34.1 Å². The van der Waals surface area contributed by atoms with Crippen LogP contribution < -0.4 is 4.72 Å². The van der Waals surface area contributed by atoms with E-state index in [2.05, 4.69) is 19.8 Å². The minimum atomic E-state index is -3.39. The van der Waals surface area contributed by atoms with Gasteiger partial charge in [0.25, 0.3) is 0 Å². The average Bonchev–Trinajstić information content (AvgIpc) is 3.17. The molecule has 1 aromatic heterocycles. The van der Waals surface area contributed by atoms with Crippen molar-refractivity contribution in [2.24, 2.45) is 5.10 Å². The molecule has 1 N–H and O–H groups in total. The van der Waals surface area contributed by atoms with Crippen LogP contribution in [0.1, 0.15) is 36.9 Å². The Hall–Kier alpha value is -3.33. The van der Waals surface area contributed by atoms with Gasteiger partial charge in [-0.2, -0.15) is 5.10 Å². The van der Waals surface area contributed by atoms with Gasteiger partial charge in [-0.25, -0.2) is 13.4 Å². The second kappa shape index (κ2) is 7.83. The third kappa shape index (κ3) is 4.16. The predicted octanol–water partition coefficient (Wildman–Crippen LogP) is 3.09. The molecular formula is C21H21N5O3S. The van der Waals surface area contributed by atoms with E-state index in [1.807, 2.05) is 24.3 Å². The minimum Gasteiger partial charge on any atom is -0.284 e. The molecule has 30 heavy (non-hydrogen) atoms. The summed E-state index contributed by atoms with van der Waals surface area (Å²) in [4.78, 5) is 21.2. The number of sulfonamides is 1. The summed E-state index contributed by atoms with van der Waals surface area (Å²) in [5.74, 6) is -0.0836. The highest BCUT2D eigenvalue weighted by atomic mass is 32.2. The van der Waals surface area contributed by atoms with Crippen LogP contribution in [0.3, 0.4) is 0 Å². The lowest BCUT2D eigenvalue weighted by molar-refractivity contribution is -0.132. The molecule has 0 spiro atoms. The van der Waals surface area contributed by atoms with E-state index < -0.39 is 10.0 Å². The molecule has 1 amide bonds. The van der Waals surface area contributed by atoms with Gasteiger partial charge in [0.1, 0.15) is 0 Å². The molecule has 1 atom stereocenters. The van der Waals surface area contributed by atoms with Crippen LogP contribution in [-0.2, 0) is 14.8 Å². The van der Waals surface area contributed by atoms with E-state index in [-0.39, 0.29) is 11.9 Å². The summed E-state index contributed by atoms with van der Waals surface area (Å²) in [6, 6.07) is 12.5. The van der Waals surface area contributed by atoms with Crippen LogP contribution in [0.25, 0.3) is 11.0 Å². The van der Waals surface area contributed by atoms with Crippen molar-refractivity contribution >= 4 is 38.4 Å². The maximum atomic E-state index is 12.6. The topological polar surface area (TPSA) is 105 Å². The van der Waals surface area contributed by atoms with E-state index in [0.29, 0.717) is 18.5 Å². The molecule has 0 radical (unpaired) electrons. The van der Waals surface area contributed by atoms with Gasteiger partial charge in [0.15, 0.2) is 0 Å². The number of hydrogen-bond acceptors (Lipinski definition) is 6. The van der Waals surface area contributed by atoms with E-state index in [1.54, 1.807) is 37.5 Å². The van der Waals surface area contributed by atoms with E-state index in [4.69, 9.17) is 0 Å². The molecule has 2 aromatic carbocycles.